The molecule has 2 rings (SSSR count). The van der Waals surface area contributed by atoms with Crippen LogP contribution < -0.4 is 5.73 Å². The highest BCUT2D eigenvalue weighted by Crippen LogP contribution is 2.27. The number of hydrogen-bond acceptors (Lipinski definition) is 2. The van der Waals surface area contributed by atoms with Crippen LogP contribution in [0.2, 0.25) is 5.02 Å². The Kier molecular flexibility index (Phi) is 4.62. The summed E-state index contributed by atoms with van der Waals surface area (Å²) in [6, 6.07) is 8.09. The van der Waals surface area contributed by atoms with Gasteiger partial charge in [0.25, 0.3) is 0 Å². The molecule has 0 bridgehead atoms. The minimum absolute atomic E-state index is 0.0421. The van der Waals surface area contributed by atoms with E-state index in [1.165, 1.54) is 5.56 Å². The van der Waals surface area contributed by atoms with Gasteiger partial charge in [-0.15, -0.1) is 0 Å². The Labute approximate surface area is 119 Å². The van der Waals surface area contributed by atoms with Gasteiger partial charge < -0.3 is 5.73 Å². The lowest BCUT2D eigenvalue weighted by molar-refractivity contribution is 0.652. The molecule has 0 aliphatic carbocycles. The van der Waals surface area contributed by atoms with E-state index in [-0.39, 0.29) is 6.04 Å². The second-order valence-corrected chi connectivity index (χ2v) is 5.99. The van der Waals surface area contributed by atoms with Crippen molar-refractivity contribution in [2.24, 2.45) is 5.73 Å². The van der Waals surface area contributed by atoms with Gasteiger partial charge in [0, 0.05) is 10.5 Å². The highest BCUT2D eigenvalue weighted by Gasteiger charge is 2.08. The van der Waals surface area contributed by atoms with Gasteiger partial charge in [-0.05, 0) is 68.9 Å². The standard InChI is InChI=1S/C13H13BrClNS/c14-11-3-2-10(7-12(11)15)13(16)4-1-9-5-6-17-8-9/h2-3,5-8,13H,1,4,16H2. The highest BCUT2D eigenvalue weighted by atomic mass is 79.9. The normalized spacial score (nSPS) is 12.6. The summed E-state index contributed by atoms with van der Waals surface area (Å²) in [6.45, 7) is 0. The molecule has 2 N–H and O–H groups in total. The van der Waals surface area contributed by atoms with Crippen molar-refractivity contribution < 1.29 is 0 Å². The quantitative estimate of drug-likeness (QED) is 0.856. The third kappa shape index (κ3) is 3.55. The topological polar surface area (TPSA) is 26.0 Å². The second-order valence-electron chi connectivity index (χ2n) is 3.95. The summed E-state index contributed by atoms with van der Waals surface area (Å²) in [5.41, 5.74) is 8.61. The van der Waals surface area contributed by atoms with Crippen LogP contribution in [0.25, 0.3) is 0 Å². The Morgan fingerprint density at radius 1 is 1.35 bits per heavy atom. The van der Waals surface area contributed by atoms with Crippen LogP contribution in [0.4, 0.5) is 0 Å². The molecule has 17 heavy (non-hydrogen) atoms. The molecule has 4 heteroatoms. The summed E-state index contributed by atoms with van der Waals surface area (Å²) in [5.74, 6) is 0. The molecule has 0 amide bonds. The molecule has 1 atom stereocenters. The maximum absolute atomic E-state index is 6.16. The first kappa shape index (κ1) is 13.1. The monoisotopic (exact) mass is 329 g/mol. The minimum atomic E-state index is 0.0421. The zero-order valence-electron chi connectivity index (χ0n) is 9.20. The van der Waals surface area contributed by atoms with Gasteiger partial charge in [-0.2, -0.15) is 11.3 Å². The number of hydrogen-bond donors (Lipinski definition) is 1. The maximum atomic E-state index is 6.16. The number of halogens is 2. The summed E-state index contributed by atoms with van der Waals surface area (Å²) in [5, 5.41) is 4.98. The minimum Gasteiger partial charge on any atom is -0.324 e. The number of thiophene rings is 1. The Hall–Kier alpha value is -0.350. The van der Waals surface area contributed by atoms with Crippen LogP contribution in [0.15, 0.2) is 39.5 Å². The highest BCUT2D eigenvalue weighted by molar-refractivity contribution is 9.10. The first-order chi connectivity index (χ1) is 8.16. The van der Waals surface area contributed by atoms with E-state index in [2.05, 4.69) is 32.8 Å². The number of benzene rings is 1. The number of aryl methyl sites for hydroxylation is 1. The fourth-order valence-corrected chi connectivity index (χ4v) is 2.81. The van der Waals surface area contributed by atoms with Crippen LogP contribution in [-0.2, 0) is 6.42 Å². The van der Waals surface area contributed by atoms with Gasteiger partial charge in [0.2, 0.25) is 0 Å². The fraction of sp³-hybridized carbons (Fsp3) is 0.231. The molecule has 2 aromatic rings. The van der Waals surface area contributed by atoms with Crippen LogP contribution in [-0.4, -0.2) is 0 Å². The predicted molar refractivity (Wildman–Crippen MR) is 78.7 cm³/mol. The largest absolute Gasteiger partial charge is 0.324 e. The van der Waals surface area contributed by atoms with E-state index in [1.807, 2.05) is 18.2 Å². The van der Waals surface area contributed by atoms with Crippen LogP contribution in [0.5, 0.6) is 0 Å². The summed E-state index contributed by atoms with van der Waals surface area (Å²) in [7, 11) is 0. The second kappa shape index (κ2) is 6.01. The van der Waals surface area contributed by atoms with Crippen LogP contribution in [0, 0.1) is 0 Å². The van der Waals surface area contributed by atoms with Crippen molar-refractivity contribution in [1.29, 1.82) is 0 Å². The third-order valence-electron chi connectivity index (χ3n) is 2.70. The average Bonchev–Trinajstić information content (AvgIpc) is 2.82. The van der Waals surface area contributed by atoms with Crippen molar-refractivity contribution in [2.75, 3.05) is 0 Å². The first-order valence-electron chi connectivity index (χ1n) is 5.38. The number of nitrogens with two attached hydrogens (primary N) is 1. The summed E-state index contributed by atoms with van der Waals surface area (Å²) >= 11 is 11.2. The van der Waals surface area contributed by atoms with Crippen molar-refractivity contribution in [3.8, 4) is 0 Å². The molecule has 1 nitrogen and oxygen atoms in total. The lowest BCUT2D eigenvalue weighted by Crippen LogP contribution is -2.11. The summed E-state index contributed by atoms with van der Waals surface area (Å²) in [6.07, 6.45) is 1.95. The van der Waals surface area contributed by atoms with E-state index in [9.17, 15) is 0 Å². The molecule has 0 fully saturated rings. The van der Waals surface area contributed by atoms with E-state index in [4.69, 9.17) is 17.3 Å². The molecule has 0 aliphatic rings. The van der Waals surface area contributed by atoms with E-state index in [0.29, 0.717) is 5.02 Å². The van der Waals surface area contributed by atoms with Gasteiger partial charge in [-0.25, -0.2) is 0 Å². The predicted octanol–water partition coefficient (Wildman–Crippen LogP) is 4.80. The molecular weight excluding hydrogens is 318 g/mol. The summed E-state index contributed by atoms with van der Waals surface area (Å²) in [4.78, 5) is 0. The van der Waals surface area contributed by atoms with Gasteiger partial charge >= 0.3 is 0 Å². The third-order valence-corrected chi connectivity index (χ3v) is 4.66. The van der Waals surface area contributed by atoms with Crippen molar-refractivity contribution in [3.05, 3.63) is 55.6 Å². The van der Waals surface area contributed by atoms with E-state index in [1.54, 1.807) is 11.3 Å². The Bertz CT molecular complexity index is 484. The lowest BCUT2D eigenvalue weighted by Gasteiger charge is -2.12. The van der Waals surface area contributed by atoms with Gasteiger partial charge in [0.15, 0.2) is 0 Å². The molecule has 1 aromatic heterocycles. The van der Waals surface area contributed by atoms with E-state index < -0.39 is 0 Å². The molecule has 0 saturated carbocycles. The van der Waals surface area contributed by atoms with E-state index >= 15 is 0 Å². The average molecular weight is 331 g/mol. The zero-order valence-corrected chi connectivity index (χ0v) is 12.4. The molecular formula is C13H13BrClNS. The molecule has 0 aliphatic heterocycles. The van der Waals surface area contributed by atoms with Crippen LogP contribution in [0.3, 0.4) is 0 Å². The molecule has 1 heterocycles. The van der Waals surface area contributed by atoms with E-state index in [0.717, 1.165) is 22.9 Å². The molecule has 1 aromatic carbocycles. The summed E-state index contributed by atoms with van der Waals surface area (Å²) < 4.78 is 0.910. The van der Waals surface area contributed by atoms with Crippen molar-refractivity contribution in [2.45, 2.75) is 18.9 Å². The first-order valence-corrected chi connectivity index (χ1v) is 7.50. The number of rotatable bonds is 4. The van der Waals surface area contributed by atoms with Crippen molar-refractivity contribution in [3.63, 3.8) is 0 Å². The molecule has 0 saturated heterocycles. The van der Waals surface area contributed by atoms with Crippen LogP contribution in [0.1, 0.15) is 23.6 Å². The Morgan fingerprint density at radius 3 is 2.82 bits per heavy atom. The van der Waals surface area contributed by atoms with Gasteiger partial charge in [-0.1, -0.05) is 17.7 Å². The molecule has 0 spiro atoms. The molecule has 90 valence electrons. The molecule has 0 radical (unpaired) electrons. The Balaban J connectivity index is 1.99. The lowest BCUT2D eigenvalue weighted by atomic mass is 10.0. The smallest absolute Gasteiger partial charge is 0.0551 e. The fourth-order valence-electron chi connectivity index (χ4n) is 1.67. The van der Waals surface area contributed by atoms with Gasteiger partial charge in [0.05, 0.1) is 5.02 Å². The van der Waals surface area contributed by atoms with Gasteiger partial charge in [0.1, 0.15) is 0 Å². The van der Waals surface area contributed by atoms with Crippen molar-refractivity contribution >= 4 is 38.9 Å². The zero-order chi connectivity index (χ0) is 12.3. The van der Waals surface area contributed by atoms with Crippen molar-refractivity contribution in [1.82, 2.24) is 0 Å². The van der Waals surface area contributed by atoms with Gasteiger partial charge in [-0.3, -0.25) is 0 Å². The SMILES string of the molecule is NC(CCc1ccsc1)c1ccc(Br)c(Cl)c1. The maximum Gasteiger partial charge on any atom is 0.0551 e. The Morgan fingerprint density at radius 2 is 2.18 bits per heavy atom. The van der Waals surface area contributed by atoms with Crippen LogP contribution >= 0.6 is 38.9 Å². The molecule has 1 unspecified atom stereocenters.